The van der Waals surface area contributed by atoms with Crippen molar-refractivity contribution in [2.45, 2.75) is 45.4 Å². The van der Waals surface area contributed by atoms with Crippen LogP contribution in [-0.4, -0.2) is 23.9 Å². The van der Waals surface area contributed by atoms with Gasteiger partial charge in [-0.3, -0.25) is 0 Å². The van der Waals surface area contributed by atoms with Gasteiger partial charge in [-0.05, 0) is 45.4 Å². The van der Waals surface area contributed by atoms with Crippen LogP contribution < -0.4 is 5.32 Å². The van der Waals surface area contributed by atoms with Crippen molar-refractivity contribution in [3.05, 3.63) is 29.8 Å². The molecule has 0 fully saturated rings. The molecule has 1 rings (SSSR count). The first-order valence-corrected chi connectivity index (χ1v) is 5.97. The molecule has 2 N–H and O–H groups in total. The molecule has 0 aliphatic rings. The normalized spacial score (nSPS) is 15.6. The molecular weight excluding hydrogens is 214 g/mol. The monoisotopic (exact) mass is 237 g/mol. The van der Waals surface area contributed by atoms with Crippen LogP contribution in [0.5, 0.6) is 5.75 Å². The van der Waals surface area contributed by atoms with E-state index in [1.165, 1.54) is 0 Å². The van der Waals surface area contributed by atoms with E-state index in [1.54, 1.807) is 19.2 Å². The van der Waals surface area contributed by atoms with Gasteiger partial charge in [-0.25, -0.2) is 0 Å². The first-order valence-electron chi connectivity index (χ1n) is 5.97. The molecule has 1 aromatic carbocycles. The Kier molecular flexibility index (Phi) is 4.54. The molecule has 0 spiro atoms. The Balaban J connectivity index is 2.69. The molecule has 0 aliphatic carbocycles. The number of aromatic hydroxyl groups is 1. The highest BCUT2D eigenvalue weighted by Crippen LogP contribution is 2.21. The highest BCUT2D eigenvalue weighted by molar-refractivity contribution is 5.29. The van der Waals surface area contributed by atoms with Gasteiger partial charge in [0.25, 0.3) is 0 Å². The summed E-state index contributed by atoms with van der Waals surface area (Å²) >= 11 is 0. The van der Waals surface area contributed by atoms with Gasteiger partial charge in [0.05, 0.1) is 5.60 Å². The van der Waals surface area contributed by atoms with E-state index in [1.807, 2.05) is 12.1 Å². The van der Waals surface area contributed by atoms with Gasteiger partial charge in [0.1, 0.15) is 5.75 Å². The third-order valence-electron chi connectivity index (χ3n) is 3.44. The Hall–Kier alpha value is -1.06. The summed E-state index contributed by atoms with van der Waals surface area (Å²) in [5.41, 5.74) is 0.856. The fourth-order valence-corrected chi connectivity index (χ4v) is 1.64. The fraction of sp³-hybridized carbons (Fsp3) is 0.571. The van der Waals surface area contributed by atoms with Gasteiger partial charge in [0.2, 0.25) is 0 Å². The first-order chi connectivity index (χ1) is 7.86. The van der Waals surface area contributed by atoms with E-state index in [0.29, 0.717) is 5.75 Å². The molecule has 0 bridgehead atoms. The molecular formula is C14H23NO2. The molecule has 96 valence electrons. The number of benzene rings is 1. The molecule has 0 radical (unpaired) electrons. The second-order valence-corrected chi connectivity index (χ2v) is 5.01. The second-order valence-electron chi connectivity index (χ2n) is 5.01. The van der Waals surface area contributed by atoms with Crippen molar-refractivity contribution < 1.29 is 9.84 Å². The number of phenolic OH excluding ortho intramolecular Hbond substituents is 1. The van der Waals surface area contributed by atoms with Crippen LogP contribution in [0.3, 0.4) is 0 Å². The van der Waals surface area contributed by atoms with Crippen molar-refractivity contribution in [2.75, 3.05) is 7.11 Å². The lowest BCUT2D eigenvalue weighted by atomic mass is 9.98. The topological polar surface area (TPSA) is 41.5 Å². The predicted molar refractivity (Wildman–Crippen MR) is 70.2 cm³/mol. The maximum atomic E-state index is 9.45. The Labute approximate surface area is 104 Å². The standard InChI is InChI=1S/C14H23NO2/c1-10(12-7-6-8-13(16)9-12)15-11(2)14(3,4)17-5/h6-11,15-16H,1-5H3. The summed E-state index contributed by atoms with van der Waals surface area (Å²) < 4.78 is 5.45. The van der Waals surface area contributed by atoms with Gasteiger partial charge in [-0.15, -0.1) is 0 Å². The lowest BCUT2D eigenvalue weighted by Gasteiger charge is -2.33. The molecule has 0 aliphatic heterocycles. The van der Waals surface area contributed by atoms with Gasteiger partial charge in [0, 0.05) is 19.2 Å². The number of nitrogens with one attached hydrogen (secondary N) is 1. The molecule has 3 heteroatoms. The minimum atomic E-state index is -0.217. The van der Waals surface area contributed by atoms with Crippen molar-refractivity contribution in [1.82, 2.24) is 5.32 Å². The summed E-state index contributed by atoms with van der Waals surface area (Å²) in [5.74, 6) is 0.301. The minimum absolute atomic E-state index is 0.173. The number of rotatable bonds is 5. The zero-order valence-electron chi connectivity index (χ0n) is 11.3. The Morgan fingerprint density at radius 1 is 1.29 bits per heavy atom. The summed E-state index contributed by atoms with van der Waals surface area (Å²) in [6.07, 6.45) is 0. The molecule has 2 unspecified atom stereocenters. The summed E-state index contributed by atoms with van der Waals surface area (Å²) in [4.78, 5) is 0. The lowest BCUT2D eigenvalue weighted by Crippen LogP contribution is -2.46. The van der Waals surface area contributed by atoms with Crippen LogP contribution in [0.2, 0.25) is 0 Å². The smallest absolute Gasteiger partial charge is 0.115 e. The van der Waals surface area contributed by atoms with Crippen molar-refractivity contribution >= 4 is 0 Å². The number of phenols is 1. The molecule has 3 nitrogen and oxygen atoms in total. The molecule has 2 atom stereocenters. The van der Waals surface area contributed by atoms with E-state index >= 15 is 0 Å². The number of ether oxygens (including phenoxy) is 1. The summed E-state index contributed by atoms with van der Waals surface area (Å²) in [6.45, 7) is 8.29. The van der Waals surface area contributed by atoms with Crippen LogP contribution in [-0.2, 0) is 4.74 Å². The Morgan fingerprint density at radius 2 is 1.94 bits per heavy atom. The van der Waals surface area contributed by atoms with Gasteiger partial charge < -0.3 is 15.2 Å². The van der Waals surface area contributed by atoms with Crippen molar-refractivity contribution in [3.63, 3.8) is 0 Å². The van der Waals surface area contributed by atoms with Crippen LogP contribution in [0.15, 0.2) is 24.3 Å². The number of hydrogen-bond acceptors (Lipinski definition) is 3. The van der Waals surface area contributed by atoms with Gasteiger partial charge in [-0.1, -0.05) is 12.1 Å². The van der Waals surface area contributed by atoms with E-state index in [0.717, 1.165) is 5.56 Å². The van der Waals surface area contributed by atoms with E-state index in [4.69, 9.17) is 4.74 Å². The largest absolute Gasteiger partial charge is 0.508 e. The maximum Gasteiger partial charge on any atom is 0.115 e. The molecule has 17 heavy (non-hydrogen) atoms. The first kappa shape index (κ1) is 14.0. The van der Waals surface area contributed by atoms with E-state index in [9.17, 15) is 5.11 Å². The highest BCUT2D eigenvalue weighted by Gasteiger charge is 2.26. The van der Waals surface area contributed by atoms with Crippen LogP contribution >= 0.6 is 0 Å². The SMILES string of the molecule is COC(C)(C)C(C)NC(C)c1cccc(O)c1. The van der Waals surface area contributed by atoms with Crippen LogP contribution in [0.4, 0.5) is 0 Å². The molecule has 0 amide bonds. The number of hydrogen-bond donors (Lipinski definition) is 2. The van der Waals surface area contributed by atoms with Crippen molar-refractivity contribution in [3.8, 4) is 5.75 Å². The molecule has 1 aromatic rings. The van der Waals surface area contributed by atoms with Gasteiger partial charge in [-0.2, -0.15) is 0 Å². The number of methoxy groups -OCH3 is 1. The third-order valence-corrected chi connectivity index (χ3v) is 3.44. The second kappa shape index (κ2) is 5.52. The van der Waals surface area contributed by atoms with Crippen LogP contribution in [0.25, 0.3) is 0 Å². The van der Waals surface area contributed by atoms with Crippen molar-refractivity contribution in [2.24, 2.45) is 0 Å². The predicted octanol–water partition coefficient (Wildman–Crippen LogP) is 2.86. The zero-order valence-corrected chi connectivity index (χ0v) is 11.3. The minimum Gasteiger partial charge on any atom is -0.508 e. The van der Waals surface area contributed by atoms with Crippen LogP contribution in [0, 0.1) is 0 Å². The van der Waals surface area contributed by atoms with E-state index < -0.39 is 0 Å². The van der Waals surface area contributed by atoms with E-state index in [-0.39, 0.29) is 17.7 Å². The molecule has 0 heterocycles. The quantitative estimate of drug-likeness (QED) is 0.827. The Bertz CT molecular complexity index is 363. The lowest BCUT2D eigenvalue weighted by molar-refractivity contribution is -0.00764. The van der Waals surface area contributed by atoms with Gasteiger partial charge >= 0.3 is 0 Å². The fourth-order valence-electron chi connectivity index (χ4n) is 1.64. The average molecular weight is 237 g/mol. The zero-order chi connectivity index (χ0) is 13.1. The third kappa shape index (κ3) is 3.72. The van der Waals surface area contributed by atoms with Crippen LogP contribution in [0.1, 0.15) is 39.3 Å². The maximum absolute atomic E-state index is 9.45. The average Bonchev–Trinajstić information content (AvgIpc) is 2.28. The summed E-state index contributed by atoms with van der Waals surface area (Å²) in [7, 11) is 1.72. The van der Waals surface area contributed by atoms with Crippen molar-refractivity contribution in [1.29, 1.82) is 0 Å². The molecule has 0 saturated carbocycles. The summed E-state index contributed by atoms with van der Waals surface area (Å²) in [6, 6.07) is 7.71. The van der Waals surface area contributed by atoms with E-state index in [2.05, 4.69) is 33.0 Å². The highest BCUT2D eigenvalue weighted by atomic mass is 16.5. The molecule has 0 aromatic heterocycles. The van der Waals surface area contributed by atoms with Gasteiger partial charge in [0.15, 0.2) is 0 Å². The Morgan fingerprint density at radius 3 is 2.47 bits per heavy atom. The molecule has 0 saturated heterocycles. The summed E-state index contributed by atoms with van der Waals surface area (Å²) in [5, 5.41) is 12.9.